The molecule has 1 unspecified atom stereocenters. The number of anilines is 1. The molecule has 0 saturated carbocycles. The maximum absolute atomic E-state index is 13.1. The number of carbonyl (C=O) groups is 4. The summed E-state index contributed by atoms with van der Waals surface area (Å²) in [7, 11) is 0. The van der Waals surface area contributed by atoms with E-state index in [1.165, 1.54) is 4.90 Å². The molecule has 2 heterocycles. The third-order valence-corrected chi connectivity index (χ3v) is 6.10. The molecule has 8 nitrogen and oxygen atoms in total. The number of amides is 4. The summed E-state index contributed by atoms with van der Waals surface area (Å²) < 4.78 is 0. The van der Waals surface area contributed by atoms with Crippen LogP contribution in [0.25, 0.3) is 0 Å². The minimum absolute atomic E-state index is 0.155. The van der Waals surface area contributed by atoms with Gasteiger partial charge >= 0.3 is 0 Å². The molecule has 8 heteroatoms. The average Bonchev–Trinajstić information content (AvgIpc) is 3.10. The van der Waals surface area contributed by atoms with E-state index in [0.29, 0.717) is 11.3 Å². The highest BCUT2D eigenvalue weighted by Gasteiger charge is 2.51. The van der Waals surface area contributed by atoms with Crippen molar-refractivity contribution < 1.29 is 19.2 Å². The molecular formula is C24H26N4O4. The molecule has 4 rings (SSSR count). The largest absolute Gasteiger partial charge is 0.344 e. The summed E-state index contributed by atoms with van der Waals surface area (Å²) >= 11 is 0. The molecule has 0 aliphatic carbocycles. The molecule has 0 aromatic heterocycles. The molecule has 0 radical (unpaired) electrons. The predicted molar refractivity (Wildman–Crippen MR) is 119 cm³/mol. The molecule has 2 aromatic rings. The zero-order chi connectivity index (χ0) is 22.9. The Balaban J connectivity index is 1.45. The van der Waals surface area contributed by atoms with Gasteiger partial charge in [0.05, 0.1) is 29.1 Å². The van der Waals surface area contributed by atoms with Gasteiger partial charge < -0.3 is 20.9 Å². The molecule has 2 aliphatic heterocycles. The van der Waals surface area contributed by atoms with Gasteiger partial charge in [-0.2, -0.15) is 0 Å². The van der Waals surface area contributed by atoms with Gasteiger partial charge in [-0.1, -0.05) is 42.5 Å². The summed E-state index contributed by atoms with van der Waals surface area (Å²) in [5.74, 6) is -1.72. The Kier molecular flexibility index (Phi) is 5.69. The Morgan fingerprint density at radius 2 is 1.81 bits per heavy atom. The van der Waals surface area contributed by atoms with Crippen LogP contribution in [0.4, 0.5) is 5.69 Å². The Hall–Kier alpha value is -3.68. The van der Waals surface area contributed by atoms with Crippen molar-refractivity contribution in [2.24, 2.45) is 5.92 Å². The van der Waals surface area contributed by atoms with E-state index >= 15 is 0 Å². The highest BCUT2D eigenvalue weighted by Crippen LogP contribution is 2.32. The molecule has 3 atom stereocenters. The number of likely N-dealkylation sites (tertiary alicyclic amines) is 1. The number of fused-ring (bicyclic) bond motifs is 2. The summed E-state index contributed by atoms with van der Waals surface area (Å²) in [5.41, 5.74) is 0.768. The van der Waals surface area contributed by atoms with Gasteiger partial charge in [0.2, 0.25) is 17.7 Å². The van der Waals surface area contributed by atoms with E-state index in [1.807, 2.05) is 30.3 Å². The van der Waals surface area contributed by atoms with E-state index in [4.69, 9.17) is 0 Å². The van der Waals surface area contributed by atoms with Crippen molar-refractivity contribution in [2.45, 2.75) is 31.8 Å². The van der Waals surface area contributed by atoms with E-state index in [2.05, 4.69) is 16.0 Å². The molecule has 3 N–H and O–H groups in total. The molecule has 1 fully saturated rings. The smallest absolute Gasteiger partial charge is 0.253 e. The maximum Gasteiger partial charge on any atom is 0.253 e. The normalized spacial score (nSPS) is 23.1. The van der Waals surface area contributed by atoms with Crippen LogP contribution in [-0.2, 0) is 20.8 Å². The molecular weight excluding hydrogens is 408 g/mol. The van der Waals surface area contributed by atoms with Crippen molar-refractivity contribution in [3.63, 3.8) is 0 Å². The van der Waals surface area contributed by atoms with Crippen molar-refractivity contribution in [3.8, 4) is 0 Å². The molecule has 2 aliphatic rings. The minimum atomic E-state index is -0.919. The molecule has 0 spiro atoms. The molecule has 4 amide bonds. The fraction of sp³-hybridized carbons (Fsp3) is 0.333. The second-order valence-electron chi connectivity index (χ2n) is 8.63. The summed E-state index contributed by atoms with van der Waals surface area (Å²) in [6.45, 7) is 3.73. The summed E-state index contributed by atoms with van der Waals surface area (Å²) in [5, 5.41) is 8.53. The van der Waals surface area contributed by atoms with Crippen LogP contribution in [-0.4, -0.2) is 53.2 Å². The quantitative estimate of drug-likeness (QED) is 0.675. The number of benzene rings is 2. The first-order chi connectivity index (χ1) is 15.3. The highest BCUT2D eigenvalue weighted by molar-refractivity contribution is 6.07. The SMILES string of the molecule is CC(NC(=O)Cc1ccccc1)C(=O)N1C[C@H]2C(=O)Nc3ccccc3C(=O)N[C@@]2(C)C1. The third-order valence-electron chi connectivity index (χ3n) is 6.10. The Morgan fingerprint density at radius 1 is 1.12 bits per heavy atom. The Bertz CT molecular complexity index is 1070. The van der Waals surface area contributed by atoms with Crippen molar-refractivity contribution in [3.05, 3.63) is 65.7 Å². The molecule has 32 heavy (non-hydrogen) atoms. The third kappa shape index (κ3) is 4.21. The first-order valence-electron chi connectivity index (χ1n) is 10.6. The van der Waals surface area contributed by atoms with Gasteiger partial charge in [0, 0.05) is 13.1 Å². The average molecular weight is 434 g/mol. The maximum atomic E-state index is 13.1. The molecule has 0 bridgehead atoms. The van der Waals surface area contributed by atoms with Gasteiger partial charge in [-0.3, -0.25) is 19.2 Å². The number of rotatable bonds is 4. The van der Waals surface area contributed by atoms with Crippen molar-refractivity contribution in [1.29, 1.82) is 0 Å². The first kappa shape index (κ1) is 21.5. The fourth-order valence-corrected chi connectivity index (χ4v) is 4.41. The van der Waals surface area contributed by atoms with Crippen LogP contribution in [0, 0.1) is 5.92 Å². The topological polar surface area (TPSA) is 108 Å². The van der Waals surface area contributed by atoms with Gasteiger partial charge in [0.25, 0.3) is 5.91 Å². The number of hydrogen-bond acceptors (Lipinski definition) is 4. The van der Waals surface area contributed by atoms with Crippen molar-refractivity contribution >= 4 is 29.3 Å². The standard InChI is InChI=1S/C24H26N4O4/c1-15(25-20(29)12-16-8-4-3-5-9-16)23(32)28-13-18-22(31)26-19-11-7-6-10-17(19)21(30)27-24(18,2)14-28/h3-11,15,18H,12-14H2,1-2H3,(H,25,29)(H,26,31)(H,27,30)/t15?,18-,24-/m0/s1. The van der Waals surface area contributed by atoms with Crippen LogP contribution in [0.15, 0.2) is 54.6 Å². The number of nitrogens with zero attached hydrogens (tertiary/aromatic N) is 1. The van der Waals surface area contributed by atoms with E-state index in [0.717, 1.165) is 5.56 Å². The second kappa shape index (κ2) is 8.45. The Labute approximate surface area is 186 Å². The number of nitrogens with one attached hydrogen (secondary N) is 3. The van der Waals surface area contributed by atoms with E-state index in [1.54, 1.807) is 38.1 Å². The van der Waals surface area contributed by atoms with E-state index < -0.39 is 17.5 Å². The second-order valence-corrected chi connectivity index (χ2v) is 8.63. The lowest BCUT2D eigenvalue weighted by molar-refractivity contribution is -0.135. The van der Waals surface area contributed by atoms with Gasteiger partial charge in [-0.25, -0.2) is 0 Å². The molecule has 1 saturated heterocycles. The van der Waals surface area contributed by atoms with Crippen molar-refractivity contribution in [2.75, 3.05) is 18.4 Å². The lowest BCUT2D eigenvalue weighted by Gasteiger charge is -2.33. The summed E-state index contributed by atoms with van der Waals surface area (Å²) in [6.07, 6.45) is 0.176. The highest BCUT2D eigenvalue weighted by atomic mass is 16.2. The van der Waals surface area contributed by atoms with Gasteiger partial charge in [-0.15, -0.1) is 0 Å². The van der Waals surface area contributed by atoms with E-state index in [-0.39, 0.29) is 43.1 Å². The van der Waals surface area contributed by atoms with Crippen LogP contribution in [0.3, 0.4) is 0 Å². The van der Waals surface area contributed by atoms with Gasteiger partial charge in [0.15, 0.2) is 0 Å². The number of carbonyl (C=O) groups excluding carboxylic acids is 4. The van der Waals surface area contributed by atoms with Crippen LogP contribution in [0.2, 0.25) is 0 Å². The first-order valence-corrected chi connectivity index (χ1v) is 10.6. The van der Waals surface area contributed by atoms with Crippen LogP contribution >= 0.6 is 0 Å². The zero-order valence-corrected chi connectivity index (χ0v) is 18.1. The van der Waals surface area contributed by atoms with E-state index in [9.17, 15) is 19.2 Å². The van der Waals surface area contributed by atoms with Crippen LogP contribution in [0.1, 0.15) is 29.8 Å². The van der Waals surface area contributed by atoms with Crippen LogP contribution in [0.5, 0.6) is 0 Å². The lowest BCUT2D eigenvalue weighted by atomic mass is 9.86. The van der Waals surface area contributed by atoms with Gasteiger partial charge in [-0.05, 0) is 31.5 Å². The molecule has 2 aromatic carbocycles. The van der Waals surface area contributed by atoms with Crippen LogP contribution < -0.4 is 16.0 Å². The summed E-state index contributed by atoms with van der Waals surface area (Å²) in [6, 6.07) is 15.3. The van der Waals surface area contributed by atoms with Crippen molar-refractivity contribution in [1.82, 2.24) is 15.5 Å². The molecule has 166 valence electrons. The zero-order valence-electron chi connectivity index (χ0n) is 18.1. The number of hydrogen-bond donors (Lipinski definition) is 3. The monoisotopic (exact) mass is 434 g/mol. The summed E-state index contributed by atoms with van der Waals surface area (Å²) in [4.78, 5) is 52.8. The number of para-hydroxylation sites is 1. The predicted octanol–water partition coefficient (Wildman–Crippen LogP) is 1.33. The fourth-order valence-electron chi connectivity index (χ4n) is 4.41. The Morgan fingerprint density at radius 3 is 2.56 bits per heavy atom. The minimum Gasteiger partial charge on any atom is -0.344 e. The lowest BCUT2D eigenvalue weighted by Crippen LogP contribution is -2.56. The van der Waals surface area contributed by atoms with Gasteiger partial charge in [0.1, 0.15) is 6.04 Å².